The summed E-state index contributed by atoms with van der Waals surface area (Å²) in [5.41, 5.74) is 9.67. The van der Waals surface area contributed by atoms with E-state index in [1.165, 1.54) is 11.1 Å². The van der Waals surface area contributed by atoms with Crippen LogP contribution in [0.4, 0.5) is 0 Å². The highest BCUT2D eigenvalue weighted by atomic mass is 16.1. The Hall–Kier alpha value is -2.83. The second-order valence-electron chi connectivity index (χ2n) is 6.48. The first-order chi connectivity index (χ1) is 12.1. The molecule has 25 heavy (non-hydrogen) atoms. The molecule has 2 aromatic rings. The van der Waals surface area contributed by atoms with E-state index in [-0.39, 0.29) is 5.78 Å². The molecule has 0 saturated carbocycles. The van der Waals surface area contributed by atoms with Crippen LogP contribution >= 0.6 is 0 Å². The molecular weight excluding hydrogens is 306 g/mol. The van der Waals surface area contributed by atoms with E-state index in [0.717, 1.165) is 29.7 Å². The van der Waals surface area contributed by atoms with Crippen molar-refractivity contribution < 1.29 is 4.79 Å². The van der Waals surface area contributed by atoms with Gasteiger partial charge in [-0.25, -0.2) is 0 Å². The van der Waals surface area contributed by atoms with Gasteiger partial charge in [0.1, 0.15) is 0 Å². The highest BCUT2D eigenvalue weighted by molar-refractivity contribution is 6.09. The molecule has 2 nitrogen and oxygen atoms in total. The van der Waals surface area contributed by atoms with E-state index in [1.54, 1.807) is 6.92 Å². The van der Waals surface area contributed by atoms with Crippen molar-refractivity contribution in [1.29, 1.82) is 0 Å². The van der Waals surface area contributed by atoms with Gasteiger partial charge < -0.3 is 4.90 Å². The van der Waals surface area contributed by atoms with Crippen molar-refractivity contribution in [3.05, 3.63) is 88.8 Å². The van der Waals surface area contributed by atoms with Gasteiger partial charge in [-0.3, -0.25) is 4.79 Å². The van der Waals surface area contributed by atoms with Gasteiger partial charge in [0.15, 0.2) is 5.78 Å². The fourth-order valence-corrected chi connectivity index (χ4v) is 3.17. The summed E-state index contributed by atoms with van der Waals surface area (Å²) >= 11 is 0. The van der Waals surface area contributed by atoms with E-state index < -0.39 is 0 Å². The second kappa shape index (κ2) is 7.38. The molecule has 0 spiro atoms. The number of allylic oxidation sites excluding steroid dienone is 2. The molecule has 0 unspecified atom stereocenters. The van der Waals surface area contributed by atoms with Crippen LogP contribution in [-0.2, 0) is 11.2 Å². The summed E-state index contributed by atoms with van der Waals surface area (Å²) in [4.78, 5) is 14.5. The predicted octanol–water partition coefficient (Wildman–Crippen LogP) is 4.73. The molecular formula is C23H23NO. The Labute approximate surface area is 149 Å². The van der Waals surface area contributed by atoms with E-state index in [9.17, 15) is 4.79 Å². The summed E-state index contributed by atoms with van der Waals surface area (Å²) < 4.78 is 0. The Balaban J connectivity index is 2.33. The fraction of sp³-hybridized carbons (Fsp3) is 0.217. The molecule has 0 aromatic heterocycles. The zero-order chi connectivity index (χ0) is 17.8. The topological polar surface area (TPSA) is 20.3 Å². The minimum absolute atomic E-state index is 0.0554. The second-order valence-corrected chi connectivity index (χ2v) is 6.48. The summed E-state index contributed by atoms with van der Waals surface area (Å²) in [5, 5.41) is 0. The standard InChI is InChI=1S/C23H23NO/c1-17-15-22(19-9-5-4-6-10-19)23(18(2)25)16-24(3)14-13-20-11-7-8-12-21(17)20/h4-12,16H,13-14H2,1-3H3/b23-16-. The average Bonchev–Trinajstić information content (AvgIpc) is 2.63. The smallest absolute Gasteiger partial charge is 0.162 e. The molecule has 1 aliphatic heterocycles. The molecule has 2 heteroatoms. The number of fused-ring (bicyclic) bond motifs is 1. The van der Waals surface area contributed by atoms with Gasteiger partial charge in [-0.2, -0.15) is 0 Å². The summed E-state index contributed by atoms with van der Waals surface area (Å²) in [6, 6.07) is 18.5. The Morgan fingerprint density at radius 3 is 2.44 bits per heavy atom. The number of hydrogen-bond acceptors (Lipinski definition) is 2. The molecule has 0 atom stereocenters. The third kappa shape index (κ3) is 3.81. The highest BCUT2D eigenvalue weighted by Gasteiger charge is 2.16. The average molecular weight is 329 g/mol. The lowest BCUT2D eigenvalue weighted by molar-refractivity contribution is -0.113. The van der Waals surface area contributed by atoms with Crippen LogP contribution in [0.25, 0.3) is 11.1 Å². The van der Waals surface area contributed by atoms with E-state index in [2.05, 4.69) is 41.8 Å². The zero-order valence-electron chi connectivity index (χ0n) is 15.0. The van der Waals surface area contributed by atoms with Crippen LogP contribution in [0, 0.1) is 0 Å². The maximum absolute atomic E-state index is 12.4. The normalized spacial score (nSPS) is 16.9. The molecule has 1 heterocycles. The van der Waals surface area contributed by atoms with Crippen molar-refractivity contribution >= 4 is 16.9 Å². The molecule has 3 rings (SSSR count). The molecule has 126 valence electrons. The summed E-state index contributed by atoms with van der Waals surface area (Å²) in [7, 11) is 2.02. The Morgan fingerprint density at radius 1 is 1.04 bits per heavy atom. The molecule has 0 fully saturated rings. The number of nitrogens with zero attached hydrogens (tertiary/aromatic N) is 1. The Kier molecular flexibility index (Phi) is 5.02. The molecule has 0 radical (unpaired) electrons. The SMILES string of the molecule is CC(=O)/C1=C/N(C)CCc2ccccc2C(C)=C=C1c1ccccc1. The minimum Gasteiger partial charge on any atom is -0.379 e. The van der Waals surface area contributed by atoms with Crippen LogP contribution < -0.4 is 0 Å². The molecule has 0 N–H and O–H groups in total. The van der Waals surface area contributed by atoms with E-state index >= 15 is 0 Å². The number of carbonyl (C=O) groups excluding carboxylic acids is 1. The number of hydrogen-bond donors (Lipinski definition) is 0. The zero-order valence-corrected chi connectivity index (χ0v) is 15.0. The van der Waals surface area contributed by atoms with Crippen LogP contribution in [-0.4, -0.2) is 24.3 Å². The minimum atomic E-state index is 0.0554. The lowest BCUT2D eigenvalue weighted by atomic mass is 9.92. The van der Waals surface area contributed by atoms with Crippen molar-refractivity contribution in [2.75, 3.05) is 13.6 Å². The number of likely N-dealkylation sites (N-methyl/N-ethyl adjacent to an activating group) is 1. The largest absolute Gasteiger partial charge is 0.379 e. The number of ketones is 1. The van der Waals surface area contributed by atoms with Gasteiger partial charge in [0, 0.05) is 30.9 Å². The molecule has 2 aromatic carbocycles. The summed E-state index contributed by atoms with van der Waals surface area (Å²) in [6.45, 7) is 4.56. The first-order valence-electron chi connectivity index (χ1n) is 8.61. The van der Waals surface area contributed by atoms with Crippen molar-refractivity contribution in [2.24, 2.45) is 0 Å². The number of Topliss-reactive ketones (excluding diaryl/α,β-unsaturated/α-hetero) is 1. The lowest BCUT2D eigenvalue weighted by Crippen LogP contribution is -2.18. The number of carbonyl (C=O) groups is 1. The molecule has 0 amide bonds. The third-order valence-electron chi connectivity index (χ3n) is 4.53. The Bertz CT molecular complexity index is 883. The van der Waals surface area contributed by atoms with Gasteiger partial charge in [-0.15, -0.1) is 5.73 Å². The van der Waals surface area contributed by atoms with E-state index in [1.807, 2.05) is 43.6 Å². The maximum Gasteiger partial charge on any atom is 0.162 e. The van der Waals surface area contributed by atoms with Crippen molar-refractivity contribution in [3.63, 3.8) is 0 Å². The van der Waals surface area contributed by atoms with Gasteiger partial charge in [-0.05, 0) is 42.5 Å². The number of rotatable bonds is 2. The molecule has 0 aliphatic carbocycles. The van der Waals surface area contributed by atoms with Crippen LogP contribution in [0.1, 0.15) is 30.5 Å². The van der Waals surface area contributed by atoms with Crippen LogP contribution in [0.3, 0.4) is 0 Å². The lowest BCUT2D eigenvalue weighted by Gasteiger charge is -2.20. The van der Waals surface area contributed by atoms with Gasteiger partial charge in [0.25, 0.3) is 0 Å². The van der Waals surface area contributed by atoms with Crippen molar-refractivity contribution in [3.8, 4) is 0 Å². The first-order valence-corrected chi connectivity index (χ1v) is 8.61. The van der Waals surface area contributed by atoms with Crippen LogP contribution in [0.15, 0.2) is 72.1 Å². The number of benzene rings is 2. The van der Waals surface area contributed by atoms with E-state index in [4.69, 9.17) is 0 Å². The first kappa shape index (κ1) is 17.0. The molecule has 0 saturated heterocycles. The predicted molar refractivity (Wildman–Crippen MR) is 104 cm³/mol. The molecule has 1 aliphatic rings. The maximum atomic E-state index is 12.4. The monoisotopic (exact) mass is 329 g/mol. The van der Waals surface area contributed by atoms with Crippen molar-refractivity contribution in [2.45, 2.75) is 20.3 Å². The van der Waals surface area contributed by atoms with Gasteiger partial charge >= 0.3 is 0 Å². The van der Waals surface area contributed by atoms with Crippen LogP contribution in [0.2, 0.25) is 0 Å². The fourth-order valence-electron chi connectivity index (χ4n) is 3.17. The van der Waals surface area contributed by atoms with Gasteiger partial charge in [-0.1, -0.05) is 54.6 Å². The van der Waals surface area contributed by atoms with E-state index in [0.29, 0.717) is 5.57 Å². The Morgan fingerprint density at radius 2 is 1.72 bits per heavy atom. The quantitative estimate of drug-likeness (QED) is 0.742. The van der Waals surface area contributed by atoms with Gasteiger partial charge in [0.05, 0.1) is 0 Å². The third-order valence-corrected chi connectivity index (χ3v) is 4.53. The van der Waals surface area contributed by atoms with Gasteiger partial charge in [0.2, 0.25) is 0 Å². The summed E-state index contributed by atoms with van der Waals surface area (Å²) in [6.07, 6.45) is 2.90. The van der Waals surface area contributed by atoms with Crippen LogP contribution in [0.5, 0.6) is 0 Å². The summed E-state index contributed by atoms with van der Waals surface area (Å²) in [5.74, 6) is 0.0554. The van der Waals surface area contributed by atoms with Crippen molar-refractivity contribution in [1.82, 2.24) is 4.90 Å². The molecule has 0 bridgehead atoms. The highest BCUT2D eigenvalue weighted by Crippen LogP contribution is 2.28.